The van der Waals surface area contributed by atoms with E-state index in [2.05, 4.69) is 25.8 Å². The third-order valence-corrected chi connectivity index (χ3v) is 3.73. The van der Waals surface area contributed by atoms with Crippen LogP contribution in [0, 0.1) is 17.1 Å². The minimum absolute atomic E-state index is 0. The zero-order valence-corrected chi connectivity index (χ0v) is 17.0. The van der Waals surface area contributed by atoms with E-state index >= 15 is 0 Å². The number of aromatic nitrogens is 3. The first-order chi connectivity index (χ1) is 12.7. The van der Waals surface area contributed by atoms with Gasteiger partial charge in [-0.25, -0.2) is 9.38 Å². The highest BCUT2D eigenvalue weighted by molar-refractivity contribution is 14.0. The third kappa shape index (κ3) is 5.13. The van der Waals surface area contributed by atoms with Crippen molar-refractivity contribution in [3.63, 3.8) is 0 Å². The van der Waals surface area contributed by atoms with Crippen molar-refractivity contribution in [2.45, 2.75) is 20.0 Å². The maximum Gasteiger partial charge on any atom is 0.191 e. The molecule has 0 aliphatic rings. The molecule has 0 aliphatic carbocycles. The Kier molecular flexibility index (Phi) is 7.48. The normalized spacial score (nSPS) is 10.9. The maximum absolute atomic E-state index is 14.0. The SMILES string of the molecule is CCNC(=NCc1ccc(C#N)cc1F)NCc1nnc2ccccn12.I. The van der Waals surface area contributed by atoms with Crippen LogP contribution in [-0.4, -0.2) is 27.1 Å². The summed E-state index contributed by atoms with van der Waals surface area (Å²) in [6.07, 6.45) is 1.89. The summed E-state index contributed by atoms with van der Waals surface area (Å²) >= 11 is 0. The number of nitrogens with one attached hydrogen (secondary N) is 2. The van der Waals surface area contributed by atoms with Crippen LogP contribution in [0.5, 0.6) is 0 Å². The second-order valence-electron chi connectivity index (χ2n) is 5.51. The molecule has 3 aromatic rings. The van der Waals surface area contributed by atoms with Crippen LogP contribution in [0.4, 0.5) is 4.39 Å². The highest BCUT2D eigenvalue weighted by atomic mass is 127. The van der Waals surface area contributed by atoms with Crippen molar-refractivity contribution < 1.29 is 4.39 Å². The fraction of sp³-hybridized carbons (Fsp3) is 0.222. The van der Waals surface area contributed by atoms with Gasteiger partial charge < -0.3 is 10.6 Å². The first-order valence-corrected chi connectivity index (χ1v) is 8.20. The Balaban J connectivity index is 0.00000261. The molecular formula is C18H19FIN7. The average Bonchev–Trinajstić information content (AvgIpc) is 3.08. The summed E-state index contributed by atoms with van der Waals surface area (Å²) in [6, 6.07) is 12.0. The Morgan fingerprint density at radius 1 is 1.26 bits per heavy atom. The highest BCUT2D eigenvalue weighted by Crippen LogP contribution is 2.11. The number of nitriles is 1. The molecule has 9 heteroatoms. The fourth-order valence-electron chi connectivity index (χ4n) is 2.43. The first-order valence-electron chi connectivity index (χ1n) is 8.20. The summed E-state index contributed by atoms with van der Waals surface area (Å²) < 4.78 is 15.9. The van der Waals surface area contributed by atoms with Gasteiger partial charge in [0.2, 0.25) is 0 Å². The minimum Gasteiger partial charge on any atom is -0.357 e. The number of nitrogens with zero attached hydrogens (tertiary/aromatic N) is 5. The van der Waals surface area contributed by atoms with Crippen molar-refractivity contribution in [1.29, 1.82) is 5.26 Å². The summed E-state index contributed by atoms with van der Waals surface area (Å²) in [5.41, 5.74) is 1.49. The van der Waals surface area contributed by atoms with Crippen LogP contribution in [0.1, 0.15) is 23.9 Å². The second-order valence-corrected chi connectivity index (χ2v) is 5.51. The van der Waals surface area contributed by atoms with E-state index in [0.717, 1.165) is 11.5 Å². The van der Waals surface area contributed by atoms with E-state index in [0.29, 0.717) is 30.2 Å². The predicted molar refractivity (Wildman–Crippen MR) is 111 cm³/mol. The number of fused-ring (bicyclic) bond motifs is 1. The van der Waals surface area contributed by atoms with E-state index in [-0.39, 0.29) is 30.5 Å². The molecule has 0 saturated carbocycles. The van der Waals surface area contributed by atoms with Crippen molar-refractivity contribution >= 4 is 35.6 Å². The van der Waals surface area contributed by atoms with Gasteiger partial charge in [0.05, 0.1) is 24.7 Å². The molecule has 0 fully saturated rings. The molecule has 0 amide bonds. The molecule has 2 heterocycles. The van der Waals surface area contributed by atoms with Gasteiger partial charge in [-0.15, -0.1) is 34.2 Å². The van der Waals surface area contributed by atoms with Crippen molar-refractivity contribution in [3.8, 4) is 6.07 Å². The van der Waals surface area contributed by atoms with Crippen LogP contribution in [-0.2, 0) is 13.1 Å². The van der Waals surface area contributed by atoms with Crippen molar-refractivity contribution in [1.82, 2.24) is 25.2 Å². The monoisotopic (exact) mass is 479 g/mol. The van der Waals surface area contributed by atoms with Crippen LogP contribution in [0.2, 0.25) is 0 Å². The number of hydrogen-bond acceptors (Lipinski definition) is 4. The summed E-state index contributed by atoms with van der Waals surface area (Å²) in [7, 11) is 0. The Bertz CT molecular complexity index is 977. The smallest absolute Gasteiger partial charge is 0.191 e. The molecule has 2 N–H and O–H groups in total. The quantitative estimate of drug-likeness (QED) is 0.334. The summed E-state index contributed by atoms with van der Waals surface area (Å²) in [5.74, 6) is 0.854. The van der Waals surface area contributed by atoms with Crippen LogP contribution >= 0.6 is 24.0 Å². The largest absolute Gasteiger partial charge is 0.357 e. The van der Waals surface area contributed by atoms with E-state index in [4.69, 9.17) is 5.26 Å². The molecule has 0 unspecified atom stereocenters. The number of benzene rings is 1. The van der Waals surface area contributed by atoms with Gasteiger partial charge in [0.25, 0.3) is 0 Å². The minimum atomic E-state index is -0.438. The van der Waals surface area contributed by atoms with Gasteiger partial charge in [-0.3, -0.25) is 4.40 Å². The number of rotatable bonds is 5. The van der Waals surface area contributed by atoms with Gasteiger partial charge >= 0.3 is 0 Å². The molecule has 0 aliphatic heterocycles. The van der Waals surface area contributed by atoms with Gasteiger partial charge in [0, 0.05) is 18.3 Å². The maximum atomic E-state index is 14.0. The van der Waals surface area contributed by atoms with Crippen LogP contribution in [0.25, 0.3) is 5.65 Å². The first kappa shape index (κ1) is 20.6. The van der Waals surface area contributed by atoms with E-state index in [9.17, 15) is 4.39 Å². The summed E-state index contributed by atoms with van der Waals surface area (Å²) in [4.78, 5) is 4.39. The predicted octanol–water partition coefficient (Wildman–Crippen LogP) is 2.61. The average molecular weight is 479 g/mol. The van der Waals surface area contributed by atoms with Gasteiger partial charge in [-0.05, 0) is 31.2 Å². The summed E-state index contributed by atoms with van der Waals surface area (Å²) in [5, 5.41) is 23.3. The Hall–Kier alpha value is -2.74. The molecule has 0 spiro atoms. The molecule has 0 bridgehead atoms. The molecule has 0 saturated heterocycles. The molecule has 0 atom stereocenters. The van der Waals surface area contributed by atoms with Crippen LogP contribution < -0.4 is 10.6 Å². The lowest BCUT2D eigenvalue weighted by Crippen LogP contribution is -2.37. The fourth-order valence-corrected chi connectivity index (χ4v) is 2.43. The number of hydrogen-bond donors (Lipinski definition) is 2. The van der Waals surface area contributed by atoms with Crippen LogP contribution in [0.3, 0.4) is 0 Å². The molecule has 27 heavy (non-hydrogen) atoms. The lowest BCUT2D eigenvalue weighted by Gasteiger charge is -2.10. The van der Waals surface area contributed by atoms with E-state index in [1.165, 1.54) is 6.07 Å². The molecular weight excluding hydrogens is 460 g/mol. The van der Waals surface area contributed by atoms with Crippen molar-refractivity contribution in [3.05, 3.63) is 65.4 Å². The number of halogens is 2. The highest BCUT2D eigenvalue weighted by Gasteiger charge is 2.07. The lowest BCUT2D eigenvalue weighted by molar-refractivity contribution is 0.609. The standard InChI is InChI=1S/C18H18FN7.HI/c1-2-21-18(22-11-14-7-6-13(10-20)9-15(14)19)23-12-17-25-24-16-5-3-4-8-26(16)17;/h3-9H,2,11-12H2,1H3,(H2,21,22,23);1H. The van der Waals surface area contributed by atoms with Crippen LogP contribution in [0.15, 0.2) is 47.6 Å². The van der Waals surface area contributed by atoms with E-state index in [1.54, 1.807) is 12.1 Å². The zero-order valence-electron chi connectivity index (χ0n) is 14.7. The molecule has 3 rings (SSSR count). The van der Waals surface area contributed by atoms with Gasteiger partial charge in [0.15, 0.2) is 17.4 Å². The van der Waals surface area contributed by atoms with E-state index in [1.807, 2.05) is 41.8 Å². The van der Waals surface area contributed by atoms with Gasteiger partial charge in [-0.2, -0.15) is 5.26 Å². The van der Waals surface area contributed by atoms with Crippen molar-refractivity contribution in [2.24, 2.45) is 4.99 Å². The number of pyridine rings is 1. The Labute approximate surface area is 173 Å². The Morgan fingerprint density at radius 3 is 2.85 bits per heavy atom. The van der Waals surface area contributed by atoms with Gasteiger partial charge in [0.1, 0.15) is 5.82 Å². The number of guanidine groups is 1. The third-order valence-electron chi connectivity index (χ3n) is 3.73. The van der Waals surface area contributed by atoms with Crippen molar-refractivity contribution in [2.75, 3.05) is 6.54 Å². The molecule has 0 radical (unpaired) electrons. The number of aliphatic imine (C=N–C) groups is 1. The molecule has 2 aromatic heterocycles. The van der Waals surface area contributed by atoms with E-state index < -0.39 is 5.82 Å². The topological polar surface area (TPSA) is 90.4 Å². The summed E-state index contributed by atoms with van der Waals surface area (Å²) in [6.45, 7) is 3.20. The zero-order chi connectivity index (χ0) is 18.4. The Morgan fingerprint density at radius 2 is 2.11 bits per heavy atom. The molecule has 140 valence electrons. The molecule has 1 aromatic carbocycles. The lowest BCUT2D eigenvalue weighted by atomic mass is 10.1. The van der Waals surface area contributed by atoms with Gasteiger partial charge in [-0.1, -0.05) is 12.1 Å². The second kappa shape index (κ2) is 9.82. The molecule has 7 nitrogen and oxygen atoms in total.